The maximum Gasteiger partial charge on any atom is 0.103 e. The summed E-state index contributed by atoms with van der Waals surface area (Å²) in [5.74, 6) is 0. The molecule has 5 heteroatoms. The van der Waals surface area contributed by atoms with Gasteiger partial charge in [-0.3, -0.25) is 9.88 Å². The van der Waals surface area contributed by atoms with Crippen molar-refractivity contribution < 1.29 is 5.11 Å². The van der Waals surface area contributed by atoms with Gasteiger partial charge in [-0.2, -0.15) is 5.26 Å². The highest BCUT2D eigenvalue weighted by molar-refractivity contribution is 5.94. The normalized spacial score (nSPS) is 16.2. The lowest BCUT2D eigenvalue weighted by molar-refractivity contribution is -0.00455. The zero-order valence-electron chi connectivity index (χ0n) is 15.1. The molecular formula is C20H26N4O. The fraction of sp³-hybridized carbons (Fsp3) is 0.500. The molecule has 25 heavy (non-hydrogen) atoms. The van der Waals surface area contributed by atoms with Crippen LogP contribution in [0.25, 0.3) is 10.9 Å². The van der Waals surface area contributed by atoms with E-state index in [0.29, 0.717) is 5.56 Å². The van der Waals surface area contributed by atoms with Gasteiger partial charge < -0.3 is 10.0 Å². The molecule has 1 fully saturated rings. The number of hydrogen-bond donors (Lipinski definition) is 1. The minimum absolute atomic E-state index is 0.594. The van der Waals surface area contributed by atoms with Gasteiger partial charge in [0.05, 0.1) is 22.4 Å². The molecule has 3 rings (SSSR count). The second-order valence-electron chi connectivity index (χ2n) is 6.84. The minimum atomic E-state index is -0.594. The smallest absolute Gasteiger partial charge is 0.103 e. The summed E-state index contributed by atoms with van der Waals surface area (Å²) in [4.78, 5) is 9.02. The molecule has 1 aliphatic rings. The molecule has 132 valence electrons. The number of anilines is 1. The summed E-state index contributed by atoms with van der Waals surface area (Å²) in [6.07, 6.45) is 3.23. The van der Waals surface area contributed by atoms with Crippen LogP contribution in [0.15, 0.2) is 30.5 Å². The molecule has 0 atom stereocenters. The molecule has 2 heterocycles. The van der Waals surface area contributed by atoms with Crippen LogP contribution in [0, 0.1) is 11.3 Å². The first-order chi connectivity index (χ1) is 12.1. The number of aliphatic hydroxyl groups is 1. The predicted molar refractivity (Wildman–Crippen MR) is 101 cm³/mol. The first-order valence-electron chi connectivity index (χ1n) is 9.07. The number of para-hydroxylation sites is 1. The summed E-state index contributed by atoms with van der Waals surface area (Å²) in [5, 5.41) is 21.1. The van der Waals surface area contributed by atoms with Crippen molar-refractivity contribution in [3.05, 3.63) is 36.0 Å². The van der Waals surface area contributed by atoms with Gasteiger partial charge in [-0.05, 0) is 18.9 Å². The second kappa shape index (κ2) is 7.38. The molecule has 0 spiro atoms. The summed E-state index contributed by atoms with van der Waals surface area (Å²) < 4.78 is 0. The van der Waals surface area contributed by atoms with Crippen molar-refractivity contribution in [3.63, 3.8) is 0 Å². The van der Waals surface area contributed by atoms with Crippen LogP contribution in [0.2, 0.25) is 0 Å². The van der Waals surface area contributed by atoms with Crippen LogP contribution in [0.4, 0.5) is 5.69 Å². The molecule has 0 amide bonds. The summed E-state index contributed by atoms with van der Waals surface area (Å²) in [6, 6.07) is 10.3. The van der Waals surface area contributed by atoms with Crippen LogP contribution < -0.4 is 4.90 Å². The topological polar surface area (TPSA) is 63.4 Å². The van der Waals surface area contributed by atoms with E-state index in [1.165, 1.54) is 0 Å². The molecular weight excluding hydrogens is 312 g/mol. The summed E-state index contributed by atoms with van der Waals surface area (Å²) >= 11 is 0. The maximum atomic E-state index is 10.6. The summed E-state index contributed by atoms with van der Waals surface area (Å²) in [5.41, 5.74) is 1.95. The third kappa shape index (κ3) is 3.60. The number of rotatable bonds is 5. The van der Waals surface area contributed by atoms with Crippen LogP contribution >= 0.6 is 0 Å². The molecule has 1 N–H and O–H groups in total. The lowest BCUT2D eigenvalue weighted by atomic mass is 9.96. The van der Waals surface area contributed by atoms with Crippen molar-refractivity contribution in [1.82, 2.24) is 9.88 Å². The van der Waals surface area contributed by atoms with E-state index in [0.717, 1.165) is 62.2 Å². The molecule has 0 unspecified atom stereocenters. The highest BCUT2D eigenvalue weighted by atomic mass is 16.3. The van der Waals surface area contributed by atoms with Crippen LogP contribution in [0.3, 0.4) is 0 Å². The number of aromatic nitrogens is 1. The van der Waals surface area contributed by atoms with Crippen molar-refractivity contribution in [2.75, 3.05) is 37.6 Å². The van der Waals surface area contributed by atoms with E-state index in [1.54, 1.807) is 6.20 Å². The van der Waals surface area contributed by atoms with Crippen LogP contribution in [-0.4, -0.2) is 53.3 Å². The summed E-state index contributed by atoms with van der Waals surface area (Å²) in [7, 11) is 0. The molecule has 1 aromatic heterocycles. The van der Waals surface area contributed by atoms with Crippen molar-refractivity contribution in [3.8, 4) is 6.07 Å². The first-order valence-corrected chi connectivity index (χ1v) is 9.07. The van der Waals surface area contributed by atoms with Gasteiger partial charge in [0.1, 0.15) is 6.07 Å². The Hall–Kier alpha value is -2.16. The predicted octanol–water partition coefficient (Wildman–Crippen LogP) is 2.78. The van der Waals surface area contributed by atoms with Crippen LogP contribution in [-0.2, 0) is 0 Å². The monoisotopic (exact) mass is 338 g/mol. The Bertz CT molecular complexity index is 771. The quantitative estimate of drug-likeness (QED) is 0.908. The highest BCUT2D eigenvalue weighted by Gasteiger charge is 2.28. The van der Waals surface area contributed by atoms with Crippen LogP contribution in [0.5, 0.6) is 0 Å². The van der Waals surface area contributed by atoms with Crippen molar-refractivity contribution >= 4 is 16.6 Å². The average Bonchev–Trinajstić information content (AvgIpc) is 2.67. The average molecular weight is 338 g/mol. The number of nitriles is 1. The van der Waals surface area contributed by atoms with E-state index >= 15 is 0 Å². The Morgan fingerprint density at radius 3 is 2.48 bits per heavy atom. The molecule has 5 nitrogen and oxygen atoms in total. The number of pyridine rings is 1. The minimum Gasteiger partial charge on any atom is -0.389 e. The van der Waals surface area contributed by atoms with E-state index in [2.05, 4.69) is 20.9 Å². The van der Waals surface area contributed by atoms with Gasteiger partial charge in [0.15, 0.2) is 0 Å². The fourth-order valence-corrected chi connectivity index (χ4v) is 3.57. The molecule has 0 radical (unpaired) electrons. The lowest BCUT2D eigenvalue weighted by Gasteiger charge is -2.40. The van der Waals surface area contributed by atoms with Gasteiger partial charge in [-0.25, -0.2) is 0 Å². The number of piperazine rings is 1. The zero-order chi connectivity index (χ0) is 17.9. The first kappa shape index (κ1) is 17.7. The Kier molecular flexibility index (Phi) is 5.22. The lowest BCUT2D eigenvalue weighted by Crippen LogP contribution is -2.52. The SMILES string of the molecule is CCC(O)(CC)CN1CCN(c2c(C#N)cnc3ccccc23)CC1. The van der Waals surface area contributed by atoms with Gasteiger partial charge >= 0.3 is 0 Å². The maximum absolute atomic E-state index is 10.6. The third-order valence-electron chi connectivity index (χ3n) is 5.39. The van der Waals surface area contributed by atoms with Crippen molar-refractivity contribution in [2.24, 2.45) is 0 Å². The molecule has 1 saturated heterocycles. The molecule has 0 saturated carbocycles. The highest BCUT2D eigenvalue weighted by Crippen LogP contribution is 2.30. The second-order valence-corrected chi connectivity index (χ2v) is 6.84. The molecule has 2 aromatic rings. The number of fused-ring (bicyclic) bond motifs is 1. The number of hydrogen-bond acceptors (Lipinski definition) is 5. The molecule has 1 aliphatic heterocycles. The third-order valence-corrected chi connectivity index (χ3v) is 5.39. The fourth-order valence-electron chi connectivity index (χ4n) is 3.57. The molecule has 0 bridgehead atoms. The van der Waals surface area contributed by atoms with Gasteiger partial charge in [-0.1, -0.05) is 32.0 Å². The largest absolute Gasteiger partial charge is 0.389 e. The van der Waals surface area contributed by atoms with E-state index < -0.39 is 5.60 Å². The van der Waals surface area contributed by atoms with Gasteiger partial charge in [0, 0.05) is 44.3 Å². The molecule has 0 aliphatic carbocycles. The van der Waals surface area contributed by atoms with Gasteiger partial charge in [-0.15, -0.1) is 0 Å². The van der Waals surface area contributed by atoms with Gasteiger partial charge in [0.2, 0.25) is 0 Å². The number of β-amino-alcohol motifs (C(OH)–C–C–N with tert-alkyl or cyclic N) is 1. The van der Waals surface area contributed by atoms with E-state index in [1.807, 2.05) is 38.1 Å². The van der Waals surface area contributed by atoms with Crippen LogP contribution in [0.1, 0.15) is 32.3 Å². The van der Waals surface area contributed by atoms with E-state index in [9.17, 15) is 10.4 Å². The number of nitrogens with zero attached hydrogens (tertiary/aromatic N) is 4. The van der Waals surface area contributed by atoms with E-state index in [4.69, 9.17) is 0 Å². The Morgan fingerprint density at radius 2 is 1.84 bits per heavy atom. The van der Waals surface area contributed by atoms with Gasteiger partial charge in [0.25, 0.3) is 0 Å². The van der Waals surface area contributed by atoms with Crippen molar-refractivity contribution in [2.45, 2.75) is 32.3 Å². The zero-order valence-corrected chi connectivity index (χ0v) is 15.1. The van der Waals surface area contributed by atoms with Crippen molar-refractivity contribution in [1.29, 1.82) is 5.26 Å². The molecule has 1 aromatic carbocycles. The Labute approximate surface area is 149 Å². The summed E-state index contributed by atoms with van der Waals surface area (Å²) in [6.45, 7) is 8.30. The standard InChI is InChI=1S/C20H26N4O/c1-3-20(25,4-2)15-23-9-11-24(12-10-23)19-16(13-21)14-22-18-8-6-5-7-17(18)19/h5-8,14,25H,3-4,9-12,15H2,1-2H3. The Balaban J connectivity index is 1.80. The Morgan fingerprint density at radius 1 is 1.16 bits per heavy atom. The van der Waals surface area contributed by atoms with E-state index in [-0.39, 0.29) is 0 Å². The number of benzene rings is 1.